The fourth-order valence-corrected chi connectivity index (χ4v) is 3.76. The second-order valence-corrected chi connectivity index (χ2v) is 6.76. The van der Waals surface area contributed by atoms with E-state index in [2.05, 4.69) is 46.1 Å². The molecule has 0 spiro atoms. The fourth-order valence-electron chi connectivity index (χ4n) is 3.76. The molecule has 0 saturated carbocycles. The molecule has 0 aliphatic heterocycles. The van der Waals surface area contributed by atoms with E-state index in [9.17, 15) is 4.79 Å². The van der Waals surface area contributed by atoms with E-state index in [-0.39, 0.29) is 11.9 Å². The number of hydrogen-bond acceptors (Lipinski definition) is 4. The lowest BCUT2D eigenvalue weighted by molar-refractivity contribution is 0.0656. The van der Waals surface area contributed by atoms with Gasteiger partial charge in [0.1, 0.15) is 11.2 Å². The van der Waals surface area contributed by atoms with Crippen LogP contribution in [0.4, 0.5) is 0 Å². The average Bonchev–Trinajstić information content (AvgIpc) is 2.71. The number of aromatic nitrogens is 3. The number of amides is 1. The molecule has 26 heavy (non-hydrogen) atoms. The van der Waals surface area contributed by atoms with Crippen molar-refractivity contribution >= 4 is 17.1 Å². The summed E-state index contributed by atoms with van der Waals surface area (Å²) < 4.78 is 0. The van der Waals surface area contributed by atoms with E-state index >= 15 is 0 Å². The quantitative estimate of drug-likeness (QED) is 0.726. The SMILES string of the molecule is CCCN(C(=O)c1ccc2nccnc2n1)[C@@H]1CCc2ccccc2C1. The van der Waals surface area contributed by atoms with E-state index in [1.165, 1.54) is 11.1 Å². The van der Waals surface area contributed by atoms with E-state index < -0.39 is 0 Å². The second kappa shape index (κ2) is 7.20. The van der Waals surface area contributed by atoms with Crippen molar-refractivity contribution in [3.05, 3.63) is 65.6 Å². The third-order valence-electron chi connectivity index (χ3n) is 5.04. The van der Waals surface area contributed by atoms with Crippen LogP contribution in [0.5, 0.6) is 0 Å². The highest BCUT2D eigenvalue weighted by atomic mass is 16.2. The molecular weight excluding hydrogens is 324 g/mol. The molecule has 3 aromatic rings. The molecule has 1 atom stereocenters. The Morgan fingerprint density at radius 2 is 1.92 bits per heavy atom. The molecule has 0 fully saturated rings. The third-order valence-corrected chi connectivity index (χ3v) is 5.04. The predicted octanol–water partition coefficient (Wildman–Crippen LogP) is 3.43. The third kappa shape index (κ3) is 3.17. The zero-order valence-corrected chi connectivity index (χ0v) is 14.9. The Hall–Kier alpha value is -2.82. The first-order valence-electron chi connectivity index (χ1n) is 9.22. The maximum atomic E-state index is 13.2. The molecule has 0 unspecified atom stereocenters. The summed E-state index contributed by atoms with van der Waals surface area (Å²) in [5.74, 6) is -0.0104. The molecule has 0 bridgehead atoms. The van der Waals surface area contributed by atoms with Crippen LogP contribution >= 0.6 is 0 Å². The van der Waals surface area contributed by atoms with E-state index in [1.54, 1.807) is 18.5 Å². The summed E-state index contributed by atoms with van der Waals surface area (Å²) in [5, 5.41) is 0. The van der Waals surface area contributed by atoms with Crippen LogP contribution in [0.1, 0.15) is 41.4 Å². The van der Waals surface area contributed by atoms with Crippen LogP contribution in [0, 0.1) is 0 Å². The molecule has 2 heterocycles. The van der Waals surface area contributed by atoms with E-state index in [1.807, 2.05) is 11.0 Å². The first-order chi connectivity index (χ1) is 12.8. The van der Waals surface area contributed by atoms with Crippen molar-refractivity contribution in [3.63, 3.8) is 0 Å². The standard InChI is InChI=1S/C21H22N4O/c1-2-13-25(17-8-7-15-5-3-4-6-16(15)14-17)21(26)19-10-9-18-20(24-19)23-12-11-22-18/h3-6,9-12,17H,2,7-8,13-14H2,1H3/t17-/m1/s1. The summed E-state index contributed by atoms with van der Waals surface area (Å²) in [5.41, 5.74) is 4.44. The Kier molecular flexibility index (Phi) is 4.61. The fraction of sp³-hybridized carbons (Fsp3) is 0.333. The van der Waals surface area contributed by atoms with Crippen LogP contribution in [0.3, 0.4) is 0 Å². The van der Waals surface area contributed by atoms with Gasteiger partial charge in [0.05, 0.1) is 0 Å². The van der Waals surface area contributed by atoms with Gasteiger partial charge in [-0.3, -0.25) is 9.78 Å². The van der Waals surface area contributed by atoms with Gasteiger partial charge in [-0.05, 0) is 48.9 Å². The maximum absolute atomic E-state index is 13.2. The van der Waals surface area contributed by atoms with Crippen LogP contribution in [0.25, 0.3) is 11.2 Å². The molecule has 1 amide bonds. The van der Waals surface area contributed by atoms with Gasteiger partial charge in [0, 0.05) is 25.0 Å². The molecular formula is C21H22N4O. The molecule has 1 aliphatic rings. The van der Waals surface area contributed by atoms with Gasteiger partial charge in [-0.15, -0.1) is 0 Å². The Balaban J connectivity index is 1.62. The number of hydrogen-bond donors (Lipinski definition) is 0. The van der Waals surface area contributed by atoms with Crippen molar-refractivity contribution in [3.8, 4) is 0 Å². The lowest BCUT2D eigenvalue weighted by atomic mass is 9.87. The molecule has 1 aliphatic carbocycles. The zero-order valence-electron chi connectivity index (χ0n) is 14.9. The van der Waals surface area contributed by atoms with E-state index in [0.29, 0.717) is 16.9 Å². The lowest BCUT2D eigenvalue weighted by Gasteiger charge is -2.35. The molecule has 0 saturated heterocycles. The smallest absolute Gasteiger partial charge is 0.272 e. The molecule has 1 aromatic carbocycles. The number of nitrogens with zero attached hydrogens (tertiary/aromatic N) is 4. The minimum absolute atomic E-state index is 0.0104. The van der Waals surface area contributed by atoms with Crippen LogP contribution in [0.2, 0.25) is 0 Å². The minimum atomic E-state index is -0.0104. The molecule has 4 rings (SSSR count). The van der Waals surface area contributed by atoms with Crippen molar-refractivity contribution in [1.29, 1.82) is 0 Å². The average molecular weight is 346 g/mol. The largest absolute Gasteiger partial charge is 0.334 e. The van der Waals surface area contributed by atoms with Crippen LogP contribution in [-0.4, -0.2) is 38.3 Å². The second-order valence-electron chi connectivity index (χ2n) is 6.76. The number of aryl methyl sites for hydroxylation is 1. The molecule has 0 radical (unpaired) electrons. The summed E-state index contributed by atoms with van der Waals surface area (Å²) >= 11 is 0. The molecule has 2 aromatic heterocycles. The Bertz CT molecular complexity index is 940. The van der Waals surface area contributed by atoms with Gasteiger partial charge in [-0.25, -0.2) is 9.97 Å². The van der Waals surface area contributed by atoms with Crippen molar-refractivity contribution in [2.75, 3.05) is 6.54 Å². The summed E-state index contributed by atoms with van der Waals surface area (Å²) in [6.07, 6.45) is 7.09. The Morgan fingerprint density at radius 3 is 2.77 bits per heavy atom. The van der Waals surface area contributed by atoms with Crippen LogP contribution < -0.4 is 0 Å². The van der Waals surface area contributed by atoms with E-state index in [4.69, 9.17) is 0 Å². The first kappa shape index (κ1) is 16.6. The summed E-state index contributed by atoms with van der Waals surface area (Å²) in [7, 11) is 0. The number of pyridine rings is 1. The number of rotatable bonds is 4. The molecule has 5 nitrogen and oxygen atoms in total. The number of carbonyl (C=O) groups excluding carboxylic acids is 1. The Morgan fingerprint density at radius 1 is 1.12 bits per heavy atom. The number of fused-ring (bicyclic) bond motifs is 2. The molecule has 0 N–H and O–H groups in total. The van der Waals surface area contributed by atoms with Crippen molar-refractivity contribution in [1.82, 2.24) is 19.9 Å². The van der Waals surface area contributed by atoms with Gasteiger partial charge in [-0.2, -0.15) is 0 Å². The summed E-state index contributed by atoms with van der Waals surface area (Å²) in [6, 6.07) is 12.4. The van der Waals surface area contributed by atoms with Crippen molar-refractivity contribution in [2.45, 2.75) is 38.6 Å². The Labute approximate surface area is 153 Å². The van der Waals surface area contributed by atoms with Crippen molar-refractivity contribution in [2.24, 2.45) is 0 Å². The lowest BCUT2D eigenvalue weighted by Crippen LogP contribution is -2.44. The molecule has 132 valence electrons. The first-order valence-corrected chi connectivity index (χ1v) is 9.22. The maximum Gasteiger partial charge on any atom is 0.272 e. The van der Waals surface area contributed by atoms with E-state index in [0.717, 1.165) is 32.2 Å². The summed E-state index contributed by atoms with van der Waals surface area (Å²) in [4.78, 5) is 28.1. The zero-order chi connectivity index (χ0) is 17.9. The van der Waals surface area contributed by atoms with Crippen LogP contribution in [0.15, 0.2) is 48.8 Å². The van der Waals surface area contributed by atoms with Gasteiger partial charge in [0.15, 0.2) is 5.65 Å². The molecule has 5 heteroatoms. The minimum Gasteiger partial charge on any atom is -0.334 e. The highest BCUT2D eigenvalue weighted by Crippen LogP contribution is 2.25. The number of benzene rings is 1. The van der Waals surface area contributed by atoms with Gasteiger partial charge >= 0.3 is 0 Å². The van der Waals surface area contributed by atoms with Gasteiger partial charge in [0.2, 0.25) is 0 Å². The van der Waals surface area contributed by atoms with Crippen molar-refractivity contribution < 1.29 is 4.79 Å². The highest BCUT2D eigenvalue weighted by molar-refractivity contribution is 5.94. The number of carbonyl (C=O) groups is 1. The predicted molar refractivity (Wildman–Crippen MR) is 101 cm³/mol. The topological polar surface area (TPSA) is 59.0 Å². The summed E-state index contributed by atoms with van der Waals surface area (Å²) in [6.45, 7) is 2.85. The van der Waals surface area contributed by atoms with Crippen LogP contribution in [-0.2, 0) is 12.8 Å². The highest BCUT2D eigenvalue weighted by Gasteiger charge is 2.28. The van der Waals surface area contributed by atoms with Gasteiger partial charge in [-0.1, -0.05) is 31.2 Å². The monoisotopic (exact) mass is 346 g/mol. The van der Waals surface area contributed by atoms with Gasteiger partial charge < -0.3 is 4.90 Å². The normalized spacial score (nSPS) is 16.3. The van der Waals surface area contributed by atoms with Gasteiger partial charge in [0.25, 0.3) is 5.91 Å².